The number of rotatable bonds is 9. The standard InChI is InChI=1S/C19H26N2O4.C2HF3O2/c22-17(16-5-1-14(2-6-16)4-8-19(24)25)13-21-18(23)7-3-15-9-11-20-12-10-15;3-2(4,5)1(6)7/h1-2,5-6,15,20H,3-4,7-13H2,(H,21,23)(H,24,25);(H,6,7). The van der Waals surface area contributed by atoms with Crippen molar-refractivity contribution < 1.29 is 42.6 Å². The second-order valence-corrected chi connectivity index (χ2v) is 7.33. The molecule has 4 N–H and O–H groups in total. The highest BCUT2D eigenvalue weighted by Crippen LogP contribution is 2.17. The monoisotopic (exact) mass is 460 g/mol. The molecule has 1 aromatic rings. The van der Waals surface area contributed by atoms with E-state index in [1.54, 1.807) is 24.3 Å². The van der Waals surface area contributed by atoms with E-state index in [9.17, 15) is 27.6 Å². The molecule has 0 atom stereocenters. The summed E-state index contributed by atoms with van der Waals surface area (Å²) in [6, 6.07) is 6.88. The molecule has 0 bridgehead atoms. The fraction of sp³-hybridized carbons (Fsp3) is 0.524. The van der Waals surface area contributed by atoms with Gasteiger partial charge in [0.15, 0.2) is 5.78 Å². The topological polar surface area (TPSA) is 133 Å². The first kappa shape index (κ1) is 27.1. The van der Waals surface area contributed by atoms with Crippen LogP contribution in [-0.2, 0) is 20.8 Å². The number of carboxylic acids is 2. The number of piperidine rings is 1. The number of aliphatic carboxylic acids is 2. The molecule has 1 saturated heterocycles. The molecule has 0 unspecified atom stereocenters. The molecule has 2 rings (SSSR count). The number of benzene rings is 1. The molecule has 1 aliphatic rings. The van der Waals surface area contributed by atoms with Gasteiger partial charge in [0.05, 0.1) is 6.54 Å². The van der Waals surface area contributed by atoms with Crippen molar-refractivity contribution in [3.63, 3.8) is 0 Å². The summed E-state index contributed by atoms with van der Waals surface area (Å²) in [5.74, 6) is -3.22. The molecular formula is C21H27F3N2O6. The Bertz CT molecular complexity index is 775. The maximum Gasteiger partial charge on any atom is 0.490 e. The maximum absolute atomic E-state index is 12.1. The van der Waals surface area contributed by atoms with Gasteiger partial charge >= 0.3 is 18.1 Å². The molecule has 0 saturated carbocycles. The highest BCUT2D eigenvalue weighted by molar-refractivity contribution is 5.99. The van der Waals surface area contributed by atoms with Crippen molar-refractivity contribution in [1.29, 1.82) is 0 Å². The van der Waals surface area contributed by atoms with Gasteiger partial charge in [-0.15, -0.1) is 0 Å². The summed E-state index contributed by atoms with van der Waals surface area (Å²) in [4.78, 5) is 43.5. The smallest absolute Gasteiger partial charge is 0.481 e. The lowest BCUT2D eigenvalue weighted by Crippen LogP contribution is -2.31. The predicted molar refractivity (Wildman–Crippen MR) is 108 cm³/mol. The Hall–Kier alpha value is -2.95. The summed E-state index contributed by atoms with van der Waals surface area (Å²) in [5, 5.41) is 21.8. The summed E-state index contributed by atoms with van der Waals surface area (Å²) in [7, 11) is 0. The summed E-state index contributed by atoms with van der Waals surface area (Å²) in [5.41, 5.74) is 1.41. The van der Waals surface area contributed by atoms with Gasteiger partial charge in [-0.3, -0.25) is 14.4 Å². The molecule has 1 aliphatic heterocycles. The fourth-order valence-electron chi connectivity index (χ4n) is 2.98. The van der Waals surface area contributed by atoms with Gasteiger partial charge in [0, 0.05) is 18.4 Å². The Morgan fingerprint density at radius 2 is 1.56 bits per heavy atom. The van der Waals surface area contributed by atoms with E-state index in [-0.39, 0.29) is 24.7 Å². The van der Waals surface area contributed by atoms with Crippen molar-refractivity contribution in [3.8, 4) is 0 Å². The van der Waals surface area contributed by atoms with Crippen molar-refractivity contribution in [2.45, 2.75) is 44.7 Å². The lowest BCUT2D eigenvalue weighted by molar-refractivity contribution is -0.192. The maximum atomic E-state index is 12.1. The zero-order valence-corrected chi connectivity index (χ0v) is 17.4. The Balaban J connectivity index is 0.000000633. The number of Topliss-reactive ketones (excluding diaryl/α,β-unsaturated/α-hetero) is 1. The van der Waals surface area contributed by atoms with Crippen LogP contribution in [0.15, 0.2) is 24.3 Å². The van der Waals surface area contributed by atoms with Crippen LogP contribution in [0.1, 0.15) is 48.0 Å². The highest BCUT2D eigenvalue weighted by atomic mass is 19.4. The number of carboxylic acid groups (broad SMARTS) is 2. The van der Waals surface area contributed by atoms with Crippen LogP contribution in [-0.4, -0.2) is 59.7 Å². The number of halogens is 3. The summed E-state index contributed by atoms with van der Waals surface area (Å²) >= 11 is 0. The van der Waals surface area contributed by atoms with E-state index in [0.717, 1.165) is 37.9 Å². The van der Waals surface area contributed by atoms with E-state index >= 15 is 0 Å². The molecule has 11 heteroatoms. The van der Waals surface area contributed by atoms with Crippen LogP contribution in [0, 0.1) is 5.92 Å². The lowest BCUT2D eigenvalue weighted by Gasteiger charge is -2.22. The number of ketones is 1. The Kier molecular flexibility index (Phi) is 11.4. The van der Waals surface area contributed by atoms with Crippen LogP contribution in [0.5, 0.6) is 0 Å². The molecule has 1 fully saturated rings. The average molecular weight is 460 g/mol. The van der Waals surface area contributed by atoms with Gasteiger partial charge in [0.1, 0.15) is 0 Å². The number of carbonyl (C=O) groups is 4. The third kappa shape index (κ3) is 11.4. The van der Waals surface area contributed by atoms with Crippen LogP contribution >= 0.6 is 0 Å². The molecule has 0 spiro atoms. The van der Waals surface area contributed by atoms with Crippen molar-refractivity contribution >= 4 is 23.6 Å². The van der Waals surface area contributed by atoms with Gasteiger partial charge in [0.25, 0.3) is 0 Å². The molecule has 0 radical (unpaired) electrons. The molecule has 178 valence electrons. The van der Waals surface area contributed by atoms with E-state index in [1.807, 2.05) is 0 Å². The average Bonchev–Trinajstić information content (AvgIpc) is 2.75. The molecule has 1 heterocycles. The molecule has 1 aromatic carbocycles. The first-order chi connectivity index (χ1) is 15.0. The van der Waals surface area contributed by atoms with Crippen LogP contribution in [0.4, 0.5) is 13.2 Å². The van der Waals surface area contributed by atoms with Gasteiger partial charge < -0.3 is 20.8 Å². The van der Waals surface area contributed by atoms with Crippen molar-refractivity contribution in [2.24, 2.45) is 5.92 Å². The number of nitrogens with one attached hydrogen (secondary N) is 2. The molecule has 32 heavy (non-hydrogen) atoms. The van der Waals surface area contributed by atoms with E-state index in [1.165, 1.54) is 0 Å². The van der Waals surface area contributed by atoms with Crippen LogP contribution in [0.25, 0.3) is 0 Å². The van der Waals surface area contributed by atoms with Crippen LogP contribution in [0.2, 0.25) is 0 Å². The van der Waals surface area contributed by atoms with Gasteiger partial charge in [-0.1, -0.05) is 24.3 Å². The van der Waals surface area contributed by atoms with Crippen molar-refractivity contribution in [2.75, 3.05) is 19.6 Å². The quantitative estimate of drug-likeness (QED) is 0.416. The number of hydrogen-bond donors (Lipinski definition) is 4. The minimum atomic E-state index is -5.08. The van der Waals surface area contributed by atoms with E-state index in [2.05, 4.69) is 10.6 Å². The summed E-state index contributed by atoms with van der Waals surface area (Å²) < 4.78 is 31.7. The Morgan fingerprint density at radius 3 is 2.06 bits per heavy atom. The van der Waals surface area contributed by atoms with Crippen LogP contribution in [0.3, 0.4) is 0 Å². The largest absolute Gasteiger partial charge is 0.490 e. The number of alkyl halides is 3. The third-order valence-electron chi connectivity index (χ3n) is 4.83. The van der Waals surface area contributed by atoms with E-state index < -0.39 is 18.1 Å². The van der Waals surface area contributed by atoms with Crippen molar-refractivity contribution in [1.82, 2.24) is 10.6 Å². The lowest BCUT2D eigenvalue weighted by atomic mass is 9.93. The van der Waals surface area contributed by atoms with Gasteiger partial charge in [-0.05, 0) is 50.3 Å². The molecule has 1 amide bonds. The van der Waals surface area contributed by atoms with Gasteiger partial charge in [-0.2, -0.15) is 13.2 Å². The number of amides is 1. The minimum absolute atomic E-state index is 0.000468. The third-order valence-corrected chi connectivity index (χ3v) is 4.83. The minimum Gasteiger partial charge on any atom is -0.481 e. The summed E-state index contributed by atoms with van der Waals surface area (Å²) in [6.45, 7) is 2.04. The van der Waals surface area contributed by atoms with E-state index in [4.69, 9.17) is 15.0 Å². The highest BCUT2D eigenvalue weighted by Gasteiger charge is 2.38. The molecular weight excluding hydrogens is 433 g/mol. The normalized spacial score (nSPS) is 14.1. The zero-order valence-electron chi connectivity index (χ0n) is 17.4. The zero-order chi connectivity index (χ0) is 24.1. The summed E-state index contributed by atoms with van der Waals surface area (Å²) in [6.07, 6.45) is -1.01. The first-order valence-electron chi connectivity index (χ1n) is 10.1. The molecule has 0 aromatic heterocycles. The fourth-order valence-corrected chi connectivity index (χ4v) is 2.98. The van der Waals surface area contributed by atoms with E-state index in [0.29, 0.717) is 24.3 Å². The van der Waals surface area contributed by atoms with Gasteiger partial charge in [-0.25, -0.2) is 4.79 Å². The number of hydrogen-bond acceptors (Lipinski definition) is 5. The Morgan fingerprint density at radius 1 is 1.00 bits per heavy atom. The second kappa shape index (κ2) is 13.5. The predicted octanol–water partition coefficient (Wildman–Crippen LogP) is 2.42. The second-order valence-electron chi connectivity index (χ2n) is 7.33. The number of aryl methyl sites for hydroxylation is 1. The van der Waals surface area contributed by atoms with Crippen molar-refractivity contribution in [3.05, 3.63) is 35.4 Å². The number of carbonyl (C=O) groups excluding carboxylic acids is 2. The Labute approximate surface area is 183 Å². The van der Waals surface area contributed by atoms with Gasteiger partial charge in [0.2, 0.25) is 5.91 Å². The SMILES string of the molecule is O=C(O)C(F)(F)F.O=C(O)CCc1ccc(C(=O)CNC(=O)CCC2CCNCC2)cc1. The molecule has 8 nitrogen and oxygen atoms in total. The molecule has 0 aliphatic carbocycles. The van der Waals surface area contributed by atoms with Crippen LogP contribution < -0.4 is 10.6 Å². The first-order valence-corrected chi connectivity index (χ1v) is 10.1.